The second-order valence-corrected chi connectivity index (χ2v) is 11.2. The highest BCUT2D eigenvalue weighted by Gasteiger charge is 2.32. The molecule has 1 N–H and O–H groups in total. The maximum atomic E-state index is 13.8. The van der Waals surface area contributed by atoms with Crippen molar-refractivity contribution >= 4 is 27.5 Å². The van der Waals surface area contributed by atoms with Gasteiger partial charge in [0.2, 0.25) is 11.8 Å². The number of amides is 2. The summed E-state index contributed by atoms with van der Waals surface area (Å²) in [4.78, 5) is 28.3. The SMILES string of the molecule is CCCNC(=O)C(C)N(CCc1ccccc1)C(=O)CN(c1ccc(OC)cc1)S(=O)(=O)c1ccc(C)cc1. The Morgan fingerprint density at radius 2 is 1.59 bits per heavy atom. The fraction of sp³-hybridized carbons (Fsp3) is 0.333. The van der Waals surface area contributed by atoms with E-state index in [0.717, 1.165) is 21.9 Å². The maximum Gasteiger partial charge on any atom is 0.264 e. The molecule has 1 unspecified atom stereocenters. The molecule has 2 amide bonds. The number of aryl methyl sites for hydroxylation is 1. The Morgan fingerprint density at radius 3 is 2.18 bits per heavy atom. The minimum absolute atomic E-state index is 0.0706. The number of hydrogen-bond acceptors (Lipinski definition) is 5. The monoisotopic (exact) mass is 551 g/mol. The first-order valence-corrected chi connectivity index (χ1v) is 14.5. The lowest BCUT2D eigenvalue weighted by Gasteiger charge is -2.32. The van der Waals surface area contributed by atoms with Crippen LogP contribution in [-0.2, 0) is 26.0 Å². The normalized spacial score (nSPS) is 11.9. The third-order valence-electron chi connectivity index (χ3n) is 6.45. The van der Waals surface area contributed by atoms with Crippen molar-refractivity contribution in [3.8, 4) is 5.75 Å². The number of nitrogens with zero attached hydrogens (tertiary/aromatic N) is 2. The number of sulfonamides is 1. The largest absolute Gasteiger partial charge is 0.497 e. The number of methoxy groups -OCH3 is 1. The molecule has 9 heteroatoms. The topological polar surface area (TPSA) is 96.0 Å². The number of ether oxygens (including phenoxy) is 1. The van der Waals surface area contributed by atoms with Gasteiger partial charge in [0.15, 0.2) is 0 Å². The van der Waals surface area contributed by atoms with Crippen molar-refractivity contribution in [2.24, 2.45) is 0 Å². The van der Waals surface area contributed by atoms with Gasteiger partial charge in [0.25, 0.3) is 10.0 Å². The molecule has 0 aromatic heterocycles. The lowest BCUT2D eigenvalue weighted by Crippen LogP contribution is -2.52. The zero-order valence-corrected chi connectivity index (χ0v) is 23.8. The van der Waals surface area contributed by atoms with Crippen molar-refractivity contribution in [1.82, 2.24) is 10.2 Å². The van der Waals surface area contributed by atoms with Gasteiger partial charge in [-0.2, -0.15) is 0 Å². The molecule has 208 valence electrons. The summed E-state index contributed by atoms with van der Waals surface area (Å²) in [6, 6.07) is 21.8. The van der Waals surface area contributed by atoms with Crippen LogP contribution < -0.4 is 14.4 Å². The first-order chi connectivity index (χ1) is 18.7. The summed E-state index contributed by atoms with van der Waals surface area (Å²) in [5, 5.41) is 2.85. The highest BCUT2D eigenvalue weighted by molar-refractivity contribution is 7.92. The lowest BCUT2D eigenvalue weighted by molar-refractivity contribution is -0.138. The number of benzene rings is 3. The average molecular weight is 552 g/mol. The van der Waals surface area contributed by atoms with Crippen molar-refractivity contribution in [1.29, 1.82) is 0 Å². The number of carbonyl (C=O) groups is 2. The molecule has 0 bridgehead atoms. The van der Waals surface area contributed by atoms with E-state index in [1.54, 1.807) is 43.3 Å². The van der Waals surface area contributed by atoms with E-state index < -0.39 is 28.5 Å². The molecule has 0 saturated carbocycles. The van der Waals surface area contributed by atoms with Gasteiger partial charge in [-0.25, -0.2) is 8.42 Å². The first-order valence-electron chi connectivity index (χ1n) is 13.0. The van der Waals surface area contributed by atoms with Crippen LogP contribution in [0.15, 0.2) is 83.8 Å². The fourth-order valence-corrected chi connectivity index (χ4v) is 5.49. The summed E-state index contributed by atoms with van der Waals surface area (Å²) in [5.74, 6) is -0.198. The number of carbonyl (C=O) groups excluding carboxylic acids is 2. The van der Waals surface area contributed by atoms with Crippen LogP contribution in [-0.4, -0.2) is 57.9 Å². The maximum absolute atomic E-state index is 13.8. The summed E-state index contributed by atoms with van der Waals surface area (Å²) < 4.78 is 34.0. The Kier molecular flexibility index (Phi) is 10.5. The predicted octanol–water partition coefficient (Wildman–Crippen LogP) is 4.18. The van der Waals surface area contributed by atoms with Gasteiger partial charge < -0.3 is 15.0 Å². The molecule has 39 heavy (non-hydrogen) atoms. The molecule has 0 radical (unpaired) electrons. The van der Waals surface area contributed by atoms with Crippen molar-refractivity contribution in [3.05, 3.63) is 90.0 Å². The zero-order valence-electron chi connectivity index (χ0n) is 23.0. The Hall–Kier alpha value is -3.85. The Balaban J connectivity index is 1.96. The van der Waals surface area contributed by atoms with Gasteiger partial charge in [-0.3, -0.25) is 13.9 Å². The predicted molar refractivity (Wildman–Crippen MR) is 153 cm³/mol. The van der Waals surface area contributed by atoms with Gasteiger partial charge in [0, 0.05) is 13.1 Å². The summed E-state index contributed by atoms with van der Waals surface area (Å²) in [7, 11) is -2.58. The zero-order chi connectivity index (χ0) is 28.4. The molecule has 0 spiro atoms. The highest BCUT2D eigenvalue weighted by Crippen LogP contribution is 2.26. The van der Waals surface area contributed by atoms with Crippen molar-refractivity contribution < 1.29 is 22.7 Å². The number of rotatable bonds is 13. The Bertz CT molecular complexity index is 1330. The first kappa shape index (κ1) is 29.7. The van der Waals surface area contributed by atoms with Gasteiger partial charge in [-0.1, -0.05) is 55.0 Å². The molecule has 3 rings (SSSR count). The summed E-state index contributed by atoms with van der Waals surface area (Å²) in [5.41, 5.74) is 2.24. The van der Waals surface area contributed by atoms with Gasteiger partial charge in [-0.15, -0.1) is 0 Å². The second-order valence-electron chi connectivity index (χ2n) is 9.31. The second kappa shape index (κ2) is 13.8. The number of hydrogen-bond donors (Lipinski definition) is 1. The molecule has 0 aliphatic rings. The van der Waals surface area contributed by atoms with Gasteiger partial charge in [-0.05, 0) is 68.7 Å². The summed E-state index contributed by atoms with van der Waals surface area (Å²) >= 11 is 0. The van der Waals surface area contributed by atoms with Crippen LogP contribution in [0.3, 0.4) is 0 Å². The van der Waals surface area contributed by atoms with Crippen LogP contribution >= 0.6 is 0 Å². The van der Waals surface area contributed by atoms with E-state index in [-0.39, 0.29) is 17.3 Å². The third kappa shape index (κ3) is 7.83. The van der Waals surface area contributed by atoms with E-state index in [1.807, 2.05) is 44.2 Å². The van der Waals surface area contributed by atoms with Crippen LogP contribution in [0.4, 0.5) is 5.69 Å². The standard InChI is InChI=1S/C30H37N3O5S/c1-5-20-31-30(35)24(3)32(21-19-25-9-7-6-8-10-25)29(34)22-33(26-13-15-27(38-4)16-14-26)39(36,37)28-17-11-23(2)12-18-28/h6-18,24H,5,19-22H2,1-4H3,(H,31,35). The quantitative estimate of drug-likeness (QED) is 0.344. The molecule has 0 heterocycles. The van der Waals surface area contributed by atoms with Gasteiger partial charge >= 0.3 is 0 Å². The van der Waals surface area contributed by atoms with Crippen molar-refractivity contribution in [2.75, 3.05) is 31.0 Å². The van der Waals surface area contributed by atoms with E-state index in [9.17, 15) is 18.0 Å². The molecule has 3 aromatic carbocycles. The molecular weight excluding hydrogens is 514 g/mol. The van der Waals surface area contributed by atoms with E-state index >= 15 is 0 Å². The lowest BCUT2D eigenvalue weighted by atomic mass is 10.1. The molecule has 0 aliphatic heterocycles. The molecule has 0 saturated heterocycles. The number of anilines is 1. The minimum Gasteiger partial charge on any atom is -0.497 e. The molecule has 8 nitrogen and oxygen atoms in total. The van der Waals surface area contributed by atoms with Crippen molar-refractivity contribution in [2.45, 2.75) is 44.6 Å². The van der Waals surface area contributed by atoms with E-state index in [4.69, 9.17) is 4.74 Å². The summed E-state index contributed by atoms with van der Waals surface area (Å²) in [6.07, 6.45) is 1.28. The highest BCUT2D eigenvalue weighted by atomic mass is 32.2. The van der Waals surface area contributed by atoms with E-state index in [2.05, 4.69) is 5.32 Å². The Labute approximate surface area is 231 Å². The van der Waals surface area contributed by atoms with Crippen LogP contribution in [0.5, 0.6) is 5.75 Å². The minimum atomic E-state index is -4.10. The molecule has 1 atom stereocenters. The number of nitrogens with one attached hydrogen (secondary N) is 1. The van der Waals surface area contributed by atoms with Gasteiger partial charge in [0.05, 0.1) is 17.7 Å². The van der Waals surface area contributed by atoms with Crippen LogP contribution in [0, 0.1) is 6.92 Å². The molecule has 0 fully saturated rings. The Morgan fingerprint density at radius 1 is 0.949 bits per heavy atom. The fourth-order valence-electron chi connectivity index (χ4n) is 4.08. The van der Waals surface area contributed by atoms with E-state index in [1.165, 1.54) is 24.1 Å². The average Bonchev–Trinajstić information content (AvgIpc) is 2.95. The van der Waals surface area contributed by atoms with Crippen LogP contribution in [0.1, 0.15) is 31.4 Å². The van der Waals surface area contributed by atoms with Crippen molar-refractivity contribution in [3.63, 3.8) is 0 Å². The van der Waals surface area contributed by atoms with E-state index in [0.29, 0.717) is 24.4 Å². The van der Waals surface area contributed by atoms with Crippen LogP contribution in [0.2, 0.25) is 0 Å². The summed E-state index contributed by atoms with van der Waals surface area (Å²) in [6.45, 7) is 5.76. The molecular formula is C30H37N3O5S. The third-order valence-corrected chi connectivity index (χ3v) is 8.24. The van der Waals surface area contributed by atoms with Crippen LogP contribution in [0.25, 0.3) is 0 Å². The smallest absolute Gasteiger partial charge is 0.264 e. The molecule has 0 aliphatic carbocycles. The molecule has 3 aromatic rings. The van der Waals surface area contributed by atoms with Gasteiger partial charge in [0.1, 0.15) is 18.3 Å².